The summed E-state index contributed by atoms with van der Waals surface area (Å²) in [5.74, 6) is 1.22. The normalized spacial score (nSPS) is 16.8. The maximum absolute atomic E-state index is 12.4. The van der Waals surface area contributed by atoms with Gasteiger partial charge >= 0.3 is 0 Å². The summed E-state index contributed by atoms with van der Waals surface area (Å²) in [5.41, 5.74) is 3.03. The van der Waals surface area contributed by atoms with Crippen LogP contribution in [0.1, 0.15) is 36.7 Å². The second-order valence-corrected chi connectivity index (χ2v) is 7.54. The Balaban J connectivity index is 1.63. The highest BCUT2D eigenvalue weighted by molar-refractivity contribution is 7.99. The van der Waals surface area contributed by atoms with Crippen LogP contribution in [0.2, 0.25) is 0 Å². The first-order valence-electron chi connectivity index (χ1n) is 9.11. The molecule has 1 aromatic carbocycles. The van der Waals surface area contributed by atoms with Crippen LogP contribution in [0.4, 0.5) is 5.69 Å². The quantitative estimate of drug-likeness (QED) is 0.753. The summed E-state index contributed by atoms with van der Waals surface area (Å²) < 4.78 is 7.85. The van der Waals surface area contributed by atoms with E-state index in [4.69, 9.17) is 4.74 Å². The fraction of sp³-hybridized carbons (Fsp3) is 0.526. The molecule has 1 unspecified atom stereocenters. The molecule has 1 aliphatic heterocycles. The number of aryl methyl sites for hydroxylation is 3. The minimum Gasteiger partial charge on any atom is -0.376 e. The average molecular weight is 375 g/mol. The van der Waals surface area contributed by atoms with Crippen molar-refractivity contribution < 1.29 is 9.53 Å². The fourth-order valence-corrected chi connectivity index (χ4v) is 3.95. The topological polar surface area (TPSA) is 69.0 Å². The Labute approximate surface area is 158 Å². The number of aromatic nitrogens is 3. The molecule has 0 spiro atoms. The summed E-state index contributed by atoms with van der Waals surface area (Å²) in [6.45, 7) is 7.66. The summed E-state index contributed by atoms with van der Waals surface area (Å²) in [5, 5.41) is 12.4. The smallest absolute Gasteiger partial charge is 0.234 e. The van der Waals surface area contributed by atoms with Gasteiger partial charge in [-0.2, -0.15) is 0 Å². The third-order valence-corrected chi connectivity index (χ3v) is 5.56. The van der Waals surface area contributed by atoms with Crippen LogP contribution in [0.5, 0.6) is 0 Å². The molecule has 1 atom stereocenters. The van der Waals surface area contributed by atoms with Gasteiger partial charge in [0.2, 0.25) is 5.91 Å². The molecule has 1 fully saturated rings. The minimum absolute atomic E-state index is 0.0304. The predicted octanol–water partition coefficient (Wildman–Crippen LogP) is 3.37. The molecule has 0 saturated carbocycles. The summed E-state index contributed by atoms with van der Waals surface area (Å²) in [6.07, 6.45) is 3.21. The van der Waals surface area contributed by atoms with Gasteiger partial charge in [-0.25, -0.2) is 0 Å². The SMILES string of the molecule is CCc1nnc(SCC(=O)Nc2c(C)cccc2C)n1CC1CCCO1. The average Bonchev–Trinajstić information content (AvgIpc) is 3.27. The lowest BCUT2D eigenvalue weighted by Crippen LogP contribution is -2.19. The van der Waals surface area contributed by atoms with Crippen LogP contribution in [0, 0.1) is 13.8 Å². The number of carbonyl (C=O) groups excluding carboxylic acids is 1. The Morgan fingerprint density at radius 3 is 2.77 bits per heavy atom. The molecule has 6 nitrogen and oxygen atoms in total. The molecule has 0 bridgehead atoms. The van der Waals surface area contributed by atoms with Crippen molar-refractivity contribution in [1.29, 1.82) is 0 Å². The highest BCUT2D eigenvalue weighted by Crippen LogP contribution is 2.23. The van der Waals surface area contributed by atoms with Gasteiger partial charge in [-0.3, -0.25) is 4.79 Å². The molecular formula is C19H26N4O2S. The second-order valence-electron chi connectivity index (χ2n) is 6.60. The Morgan fingerprint density at radius 2 is 2.12 bits per heavy atom. The minimum atomic E-state index is -0.0304. The van der Waals surface area contributed by atoms with E-state index < -0.39 is 0 Å². The van der Waals surface area contributed by atoms with Crippen molar-refractivity contribution in [2.75, 3.05) is 17.7 Å². The molecule has 26 heavy (non-hydrogen) atoms. The maximum atomic E-state index is 12.4. The molecule has 3 rings (SSSR count). The van der Waals surface area contributed by atoms with Crippen molar-refractivity contribution in [2.24, 2.45) is 0 Å². The van der Waals surface area contributed by atoms with Gasteiger partial charge in [0.15, 0.2) is 5.16 Å². The van der Waals surface area contributed by atoms with E-state index in [0.717, 1.165) is 60.2 Å². The van der Waals surface area contributed by atoms with Gasteiger partial charge in [-0.05, 0) is 37.8 Å². The van der Waals surface area contributed by atoms with Gasteiger partial charge < -0.3 is 14.6 Å². The van der Waals surface area contributed by atoms with Gasteiger partial charge in [0.25, 0.3) is 0 Å². The summed E-state index contributed by atoms with van der Waals surface area (Å²) >= 11 is 1.43. The molecule has 1 aliphatic rings. The standard InChI is InChI=1S/C19H26N4O2S/c1-4-16-21-22-19(23(16)11-15-9-6-10-25-15)26-12-17(24)20-18-13(2)7-5-8-14(18)3/h5,7-8,15H,4,6,9-12H2,1-3H3,(H,20,24). The second kappa shape index (κ2) is 8.68. The van der Waals surface area contributed by atoms with Crippen LogP contribution in [0.25, 0.3) is 0 Å². The molecule has 1 saturated heterocycles. The number of carbonyl (C=O) groups is 1. The van der Waals surface area contributed by atoms with Crippen molar-refractivity contribution in [3.8, 4) is 0 Å². The largest absolute Gasteiger partial charge is 0.376 e. The molecule has 0 aliphatic carbocycles. The van der Waals surface area contributed by atoms with Crippen molar-refractivity contribution >= 4 is 23.4 Å². The van der Waals surface area contributed by atoms with Crippen LogP contribution < -0.4 is 5.32 Å². The molecule has 0 radical (unpaired) electrons. The highest BCUT2D eigenvalue weighted by Gasteiger charge is 2.21. The number of amides is 1. The summed E-state index contributed by atoms with van der Waals surface area (Å²) in [6, 6.07) is 6.00. The van der Waals surface area contributed by atoms with Crippen LogP contribution in [-0.2, 0) is 22.5 Å². The number of hydrogen-bond donors (Lipinski definition) is 1. The van der Waals surface area contributed by atoms with Crippen molar-refractivity contribution in [2.45, 2.75) is 57.8 Å². The van der Waals surface area contributed by atoms with Crippen molar-refractivity contribution in [1.82, 2.24) is 14.8 Å². The number of hydrogen-bond acceptors (Lipinski definition) is 5. The first-order valence-corrected chi connectivity index (χ1v) is 10.1. The van der Waals surface area contributed by atoms with E-state index in [1.54, 1.807) is 0 Å². The van der Waals surface area contributed by atoms with Crippen molar-refractivity contribution in [3.63, 3.8) is 0 Å². The van der Waals surface area contributed by atoms with E-state index in [0.29, 0.717) is 5.75 Å². The Morgan fingerprint density at radius 1 is 1.35 bits per heavy atom. The highest BCUT2D eigenvalue weighted by atomic mass is 32.2. The summed E-state index contributed by atoms with van der Waals surface area (Å²) in [4.78, 5) is 12.4. The van der Waals surface area contributed by atoms with E-state index in [1.807, 2.05) is 32.0 Å². The van der Waals surface area contributed by atoms with Gasteiger partial charge in [0.1, 0.15) is 5.82 Å². The van der Waals surface area contributed by atoms with Crippen LogP contribution in [-0.4, -0.2) is 39.1 Å². The molecule has 2 heterocycles. The van der Waals surface area contributed by atoms with Gasteiger partial charge in [0, 0.05) is 18.7 Å². The number of benzene rings is 1. The van der Waals surface area contributed by atoms with Crippen molar-refractivity contribution in [3.05, 3.63) is 35.2 Å². The first-order chi connectivity index (χ1) is 12.6. The predicted molar refractivity (Wildman–Crippen MR) is 104 cm³/mol. The molecule has 1 N–H and O–H groups in total. The number of rotatable bonds is 7. The third-order valence-electron chi connectivity index (χ3n) is 4.60. The molecule has 140 valence electrons. The van der Waals surface area contributed by atoms with E-state index >= 15 is 0 Å². The van der Waals surface area contributed by atoms with E-state index in [2.05, 4.69) is 27.0 Å². The maximum Gasteiger partial charge on any atom is 0.234 e. The zero-order chi connectivity index (χ0) is 18.5. The van der Waals surface area contributed by atoms with E-state index in [-0.39, 0.29) is 12.0 Å². The monoisotopic (exact) mass is 374 g/mol. The van der Waals surface area contributed by atoms with Crippen LogP contribution in [0.15, 0.2) is 23.4 Å². The van der Waals surface area contributed by atoms with Crippen LogP contribution >= 0.6 is 11.8 Å². The van der Waals surface area contributed by atoms with E-state index in [9.17, 15) is 4.79 Å². The number of nitrogens with one attached hydrogen (secondary N) is 1. The number of para-hydroxylation sites is 1. The van der Waals surface area contributed by atoms with Crippen LogP contribution in [0.3, 0.4) is 0 Å². The third kappa shape index (κ3) is 4.45. The number of nitrogens with zero attached hydrogens (tertiary/aromatic N) is 3. The lowest BCUT2D eigenvalue weighted by molar-refractivity contribution is -0.113. The van der Waals surface area contributed by atoms with Gasteiger partial charge in [0.05, 0.1) is 18.4 Å². The Hall–Kier alpha value is -1.86. The first kappa shape index (κ1) is 18.9. The molecule has 1 aromatic heterocycles. The number of ether oxygens (including phenoxy) is 1. The van der Waals surface area contributed by atoms with Gasteiger partial charge in [-0.1, -0.05) is 36.9 Å². The molecule has 1 amide bonds. The Bertz CT molecular complexity index is 749. The number of anilines is 1. The van der Waals surface area contributed by atoms with Gasteiger partial charge in [-0.15, -0.1) is 10.2 Å². The lowest BCUT2D eigenvalue weighted by Gasteiger charge is -2.14. The Kier molecular flexibility index (Phi) is 6.32. The van der Waals surface area contributed by atoms with E-state index in [1.165, 1.54) is 11.8 Å². The summed E-state index contributed by atoms with van der Waals surface area (Å²) in [7, 11) is 0. The molecule has 7 heteroatoms. The zero-order valence-corrected chi connectivity index (χ0v) is 16.4. The molecule has 2 aromatic rings. The zero-order valence-electron chi connectivity index (χ0n) is 15.6. The fourth-order valence-electron chi connectivity index (χ4n) is 3.18. The number of thioether (sulfide) groups is 1. The lowest BCUT2D eigenvalue weighted by atomic mass is 10.1. The molecular weight excluding hydrogens is 348 g/mol.